The molecular formula is C19H32N4O2. The van der Waals surface area contributed by atoms with Crippen molar-refractivity contribution in [2.24, 2.45) is 7.05 Å². The maximum absolute atomic E-state index is 11.9. The zero-order valence-corrected chi connectivity index (χ0v) is 16.8. The summed E-state index contributed by atoms with van der Waals surface area (Å²) in [6.45, 7) is 14.4. The second-order valence-corrected chi connectivity index (χ2v) is 4.72. The maximum atomic E-state index is 11.9. The lowest BCUT2D eigenvalue weighted by Gasteiger charge is -2.24. The topological polar surface area (TPSA) is 67.2 Å². The number of fused-ring (bicyclic) bond motifs is 1. The lowest BCUT2D eigenvalue weighted by molar-refractivity contribution is -0.120. The first kappa shape index (κ1) is 22.6. The van der Waals surface area contributed by atoms with Crippen molar-refractivity contribution in [2.75, 3.05) is 11.4 Å². The molecule has 0 saturated carbocycles. The highest BCUT2D eigenvalue weighted by molar-refractivity contribution is 6.08. The Morgan fingerprint density at radius 2 is 1.64 bits per heavy atom. The molecule has 6 nitrogen and oxygen atoms in total. The van der Waals surface area contributed by atoms with Crippen LogP contribution in [-0.4, -0.2) is 28.3 Å². The van der Waals surface area contributed by atoms with E-state index in [-0.39, 0.29) is 5.91 Å². The second-order valence-electron chi connectivity index (χ2n) is 4.72. The highest BCUT2D eigenvalue weighted by Crippen LogP contribution is 2.27. The minimum atomic E-state index is -0.406. The van der Waals surface area contributed by atoms with E-state index in [0.717, 1.165) is 16.5 Å². The Bertz CT molecular complexity index is 692. The number of aromatic nitrogens is 2. The van der Waals surface area contributed by atoms with Crippen LogP contribution in [0.1, 0.15) is 53.5 Å². The van der Waals surface area contributed by atoms with Crippen LogP contribution >= 0.6 is 0 Å². The predicted molar refractivity (Wildman–Crippen MR) is 105 cm³/mol. The molecule has 1 fully saturated rings. The van der Waals surface area contributed by atoms with Gasteiger partial charge in [-0.05, 0) is 24.6 Å². The smallest absolute Gasteiger partial charge is 0.278 e. The highest BCUT2D eigenvalue weighted by atomic mass is 16.2. The number of hydrogen-bond acceptors (Lipinski definition) is 3. The summed E-state index contributed by atoms with van der Waals surface area (Å²) in [5.41, 5.74) is 2.11. The number of rotatable bonds is 1. The number of imide groups is 1. The molecule has 1 N–H and O–H groups in total. The molecule has 25 heavy (non-hydrogen) atoms. The normalized spacial score (nSPS) is 12.9. The minimum absolute atomic E-state index is 0.239. The van der Waals surface area contributed by atoms with Gasteiger partial charge in [0.25, 0.3) is 0 Å². The fourth-order valence-electron chi connectivity index (χ4n) is 2.31. The number of hydrogen-bond donors (Lipinski definition) is 1. The van der Waals surface area contributed by atoms with Gasteiger partial charge in [-0.15, -0.1) is 0 Å². The summed E-state index contributed by atoms with van der Waals surface area (Å²) in [5.74, 6) is 0.361. The minimum Gasteiger partial charge on any atom is -0.278 e. The van der Waals surface area contributed by atoms with Crippen molar-refractivity contribution < 1.29 is 9.59 Å². The summed E-state index contributed by atoms with van der Waals surface area (Å²) in [4.78, 5) is 24.6. The zero-order valence-electron chi connectivity index (χ0n) is 16.8. The number of amides is 3. The average Bonchev–Trinajstić information content (AvgIpc) is 2.96. The summed E-state index contributed by atoms with van der Waals surface area (Å²) in [6, 6.07) is 5.56. The molecule has 1 aromatic carbocycles. The largest absolute Gasteiger partial charge is 0.329 e. The van der Waals surface area contributed by atoms with Gasteiger partial charge in [-0.25, -0.2) is 4.79 Å². The third kappa shape index (κ3) is 5.31. The number of aryl methyl sites for hydroxylation is 2. The Hall–Kier alpha value is -2.37. The van der Waals surface area contributed by atoms with Gasteiger partial charge in [0.2, 0.25) is 5.91 Å². The molecule has 0 atom stereocenters. The van der Waals surface area contributed by atoms with Crippen LogP contribution in [-0.2, 0) is 11.8 Å². The molecule has 0 spiro atoms. The summed E-state index contributed by atoms with van der Waals surface area (Å²) in [7, 11) is 1.85. The van der Waals surface area contributed by atoms with E-state index in [2.05, 4.69) is 10.4 Å². The van der Waals surface area contributed by atoms with E-state index in [9.17, 15) is 9.59 Å². The molecule has 1 aliphatic heterocycles. The Balaban J connectivity index is 0.000000871. The quantitative estimate of drug-likeness (QED) is 0.830. The molecule has 0 unspecified atom stereocenters. The van der Waals surface area contributed by atoms with Crippen molar-refractivity contribution in [3.8, 4) is 0 Å². The SMILES string of the molecule is CC.CC.CC.Cc1ccc2c(N3CCC(=O)NC3=O)nn(C)c2c1. The fraction of sp³-hybridized carbons (Fsp3) is 0.526. The van der Waals surface area contributed by atoms with Crippen molar-refractivity contribution >= 4 is 28.7 Å². The molecule has 140 valence electrons. The summed E-state index contributed by atoms with van der Waals surface area (Å²) in [5, 5.41) is 7.63. The summed E-state index contributed by atoms with van der Waals surface area (Å²) < 4.78 is 1.75. The molecule has 2 heterocycles. The third-order valence-electron chi connectivity index (χ3n) is 3.30. The molecular weight excluding hydrogens is 316 g/mol. The standard InChI is InChI=1S/C13H14N4O2.3C2H6/c1-8-3-4-9-10(7-8)16(2)15-12(9)17-6-5-11(18)14-13(17)19;3*1-2/h3-4,7H,5-6H2,1-2H3,(H,14,18,19);3*1-2H3. The Morgan fingerprint density at radius 3 is 2.20 bits per heavy atom. The molecule has 3 amide bonds. The van der Waals surface area contributed by atoms with Crippen LogP contribution in [0.2, 0.25) is 0 Å². The molecule has 0 radical (unpaired) electrons. The highest BCUT2D eigenvalue weighted by Gasteiger charge is 2.27. The van der Waals surface area contributed by atoms with E-state index >= 15 is 0 Å². The molecule has 1 aromatic heterocycles. The third-order valence-corrected chi connectivity index (χ3v) is 3.30. The van der Waals surface area contributed by atoms with Crippen molar-refractivity contribution in [1.82, 2.24) is 15.1 Å². The van der Waals surface area contributed by atoms with Gasteiger partial charge in [0.15, 0.2) is 5.82 Å². The van der Waals surface area contributed by atoms with Gasteiger partial charge >= 0.3 is 6.03 Å². The molecule has 1 saturated heterocycles. The number of carbonyl (C=O) groups excluding carboxylic acids is 2. The molecule has 1 aliphatic rings. The van der Waals surface area contributed by atoms with Crippen molar-refractivity contribution in [3.05, 3.63) is 23.8 Å². The number of carbonyl (C=O) groups is 2. The van der Waals surface area contributed by atoms with Gasteiger partial charge in [0.05, 0.1) is 5.52 Å². The van der Waals surface area contributed by atoms with Gasteiger partial charge < -0.3 is 0 Å². The summed E-state index contributed by atoms with van der Waals surface area (Å²) in [6.07, 6.45) is 0.301. The lowest BCUT2D eigenvalue weighted by atomic mass is 10.1. The van der Waals surface area contributed by atoms with Gasteiger partial charge in [0, 0.05) is 25.4 Å². The van der Waals surface area contributed by atoms with Crippen LogP contribution in [0.3, 0.4) is 0 Å². The van der Waals surface area contributed by atoms with Gasteiger partial charge in [-0.1, -0.05) is 47.6 Å². The van der Waals surface area contributed by atoms with Gasteiger partial charge in [0.1, 0.15) is 0 Å². The number of urea groups is 1. The molecule has 2 aromatic rings. The van der Waals surface area contributed by atoms with Crippen LogP contribution in [0, 0.1) is 6.92 Å². The van der Waals surface area contributed by atoms with Crippen LogP contribution in [0.4, 0.5) is 10.6 Å². The second kappa shape index (κ2) is 11.2. The first-order valence-corrected chi connectivity index (χ1v) is 9.11. The van der Waals surface area contributed by atoms with E-state index < -0.39 is 6.03 Å². The average molecular weight is 348 g/mol. The maximum Gasteiger partial charge on any atom is 0.329 e. The van der Waals surface area contributed by atoms with E-state index in [1.807, 2.05) is 73.7 Å². The first-order chi connectivity index (χ1) is 12.1. The number of nitrogens with zero attached hydrogens (tertiary/aromatic N) is 3. The van der Waals surface area contributed by atoms with E-state index in [1.54, 1.807) is 4.68 Å². The van der Waals surface area contributed by atoms with Crippen LogP contribution in [0.5, 0.6) is 0 Å². The first-order valence-electron chi connectivity index (χ1n) is 9.11. The fourth-order valence-corrected chi connectivity index (χ4v) is 2.31. The zero-order chi connectivity index (χ0) is 19.6. The Kier molecular flexibility index (Phi) is 10.2. The van der Waals surface area contributed by atoms with Crippen molar-refractivity contribution in [3.63, 3.8) is 0 Å². The van der Waals surface area contributed by atoms with Crippen LogP contribution in [0.15, 0.2) is 18.2 Å². The molecule has 3 rings (SSSR count). The molecule has 0 bridgehead atoms. The van der Waals surface area contributed by atoms with E-state index in [4.69, 9.17) is 0 Å². The summed E-state index contributed by atoms with van der Waals surface area (Å²) >= 11 is 0. The Labute approximate surface area is 151 Å². The van der Waals surface area contributed by atoms with E-state index in [1.165, 1.54) is 4.90 Å². The lowest BCUT2D eigenvalue weighted by Crippen LogP contribution is -2.49. The van der Waals surface area contributed by atoms with E-state index in [0.29, 0.717) is 18.8 Å². The molecule has 6 heteroatoms. The molecule has 0 aliphatic carbocycles. The van der Waals surface area contributed by atoms with Crippen molar-refractivity contribution in [1.29, 1.82) is 0 Å². The predicted octanol–water partition coefficient (Wildman–Crippen LogP) is 4.41. The van der Waals surface area contributed by atoms with Gasteiger partial charge in [-0.2, -0.15) is 5.10 Å². The van der Waals surface area contributed by atoms with Crippen LogP contribution in [0.25, 0.3) is 10.9 Å². The van der Waals surface area contributed by atoms with Crippen molar-refractivity contribution in [2.45, 2.75) is 54.9 Å². The number of nitrogens with one attached hydrogen (secondary N) is 1. The monoisotopic (exact) mass is 348 g/mol. The Morgan fingerprint density at radius 1 is 1.04 bits per heavy atom. The van der Waals surface area contributed by atoms with Crippen LogP contribution < -0.4 is 10.2 Å². The number of benzene rings is 1. The van der Waals surface area contributed by atoms with Gasteiger partial charge in [-0.3, -0.25) is 19.7 Å². The number of anilines is 1.